The van der Waals surface area contributed by atoms with Gasteiger partial charge in [-0.05, 0) is 67.2 Å². The molecule has 1 saturated heterocycles. The molecule has 0 amide bonds. The lowest BCUT2D eigenvalue weighted by atomic mass is 10.1. The SMILES string of the molecule is CC(C)(C)OC(=O)C[C@H](O[Si](C)(C)C(C)(C)C)[C@@H]1O[C@@H]1CCCO[Si](c1ccccc1)(c1ccccc1)C(C)(C)C. The second kappa shape index (κ2) is 12.8. The van der Waals surface area contributed by atoms with E-state index in [9.17, 15) is 4.79 Å². The number of hydrogen-bond donors (Lipinski definition) is 0. The van der Waals surface area contributed by atoms with Crippen LogP contribution in [-0.4, -0.2) is 53.1 Å². The zero-order chi connectivity index (χ0) is 30.7. The number of hydrogen-bond acceptors (Lipinski definition) is 5. The molecule has 228 valence electrons. The molecule has 1 heterocycles. The molecule has 1 fully saturated rings. The van der Waals surface area contributed by atoms with Crippen molar-refractivity contribution in [3.8, 4) is 0 Å². The van der Waals surface area contributed by atoms with Gasteiger partial charge in [0.2, 0.25) is 0 Å². The fourth-order valence-corrected chi connectivity index (χ4v) is 11.2. The molecular weight excluding hydrogens is 545 g/mol. The van der Waals surface area contributed by atoms with E-state index in [1.165, 1.54) is 10.4 Å². The minimum Gasteiger partial charge on any atom is -0.460 e. The first-order valence-corrected chi connectivity index (χ1v) is 20.0. The first-order valence-electron chi connectivity index (χ1n) is 15.2. The summed E-state index contributed by atoms with van der Waals surface area (Å²) in [6, 6.07) is 21.5. The highest BCUT2D eigenvalue weighted by Crippen LogP contribution is 2.42. The fraction of sp³-hybridized carbons (Fsp3) is 0.618. The maximum absolute atomic E-state index is 12.8. The van der Waals surface area contributed by atoms with Crippen LogP contribution in [0.25, 0.3) is 0 Å². The molecule has 1 aliphatic rings. The Hall–Kier alpha value is -1.78. The van der Waals surface area contributed by atoms with Crippen LogP contribution < -0.4 is 10.4 Å². The van der Waals surface area contributed by atoms with Crippen LogP contribution in [0.15, 0.2) is 60.7 Å². The molecule has 0 aliphatic carbocycles. The summed E-state index contributed by atoms with van der Waals surface area (Å²) in [6.45, 7) is 24.4. The Balaban J connectivity index is 1.71. The number of esters is 1. The Kier molecular flexibility index (Phi) is 10.6. The molecule has 0 unspecified atom stereocenters. The smallest absolute Gasteiger partial charge is 0.308 e. The average molecular weight is 599 g/mol. The summed E-state index contributed by atoms with van der Waals surface area (Å²) in [4.78, 5) is 12.8. The van der Waals surface area contributed by atoms with Gasteiger partial charge in [-0.25, -0.2) is 0 Å². The van der Waals surface area contributed by atoms with Crippen LogP contribution in [0.3, 0.4) is 0 Å². The predicted molar refractivity (Wildman–Crippen MR) is 174 cm³/mol. The van der Waals surface area contributed by atoms with E-state index in [1.807, 2.05) is 20.8 Å². The highest BCUT2D eigenvalue weighted by atomic mass is 28.4. The Morgan fingerprint density at radius 3 is 1.78 bits per heavy atom. The van der Waals surface area contributed by atoms with E-state index < -0.39 is 22.2 Å². The number of epoxide rings is 1. The van der Waals surface area contributed by atoms with E-state index in [2.05, 4.69) is 115 Å². The van der Waals surface area contributed by atoms with Crippen molar-refractivity contribution in [2.75, 3.05) is 6.61 Å². The van der Waals surface area contributed by atoms with Gasteiger partial charge in [0.25, 0.3) is 8.32 Å². The van der Waals surface area contributed by atoms with Crippen LogP contribution in [0.1, 0.15) is 81.6 Å². The van der Waals surface area contributed by atoms with Gasteiger partial charge in [-0.2, -0.15) is 0 Å². The largest absolute Gasteiger partial charge is 0.460 e. The standard InChI is InChI=1S/C34H54O5Si2/c1-32(2,3)38-30(35)25-29(39-40(10,11)33(4,5)6)31-28(37-31)23-18-24-36-41(34(7,8)9,26-19-14-12-15-20-26)27-21-16-13-17-22-27/h12-17,19-22,28-29,31H,18,23-25H2,1-11H3/t28-,29+,31-/m1/s1. The van der Waals surface area contributed by atoms with Crippen molar-refractivity contribution < 1.29 is 23.1 Å². The summed E-state index contributed by atoms with van der Waals surface area (Å²) in [5.41, 5.74) is -0.527. The lowest BCUT2D eigenvalue weighted by Gasteiger charge is -2.43. The lowest BCUT2D eigenvalue weighted by Crippen LogP contribution is -2.66. The van der Waals surface area contributed by atoms with Gasteiger partial charge in [-0.3, -0.25) is 4.79 Å². The maximum Gasteiger partial charge on any atom is 0.308 e. The van der Waals surface area contributed by atoms with Crippen molar-refractivity contribution in [1.82, 2.24) is 0 Å². The van der Waals surface area contributed by atoms with Crippen molar-refractivity contribution >= 4 is 33.0 Å². The molecule has 0 aromatic heterocycles. The molecule has 0 N–H and O–H groups in total. The summed E-state index contributed by atoms with van der Waals surface area (Å²) in [6.07, 6.45) is 1.64. The Bertz CT molecular complexity index is 1070. The number of ether oxygens (including phenoxy) is 2. The number of carbonyl (C=O) groups excluding carboxylic acids is 1. The molecule has 0 saturated carbocycles. The van der Waals surface area contributed by atoms with Crippen LogP contribution in [0.5, 0.6) is 0 Å². The molecule has 3 rings (SSSR count). The molecule has 0 spiro atoms. The Labute approximate surface area is 251 Å². The van der Waals surface area contributed by atoms with E-state index >= 15 is 0 Å². The first-order chi connectivity index (χ1) is 18.9. The van der Waals surface area contributed by atoms with E-state index in [0.29, 0.717) is 6.61 Å². The molecule has 7 heteroatoms. The van der Waals surface area contributed by atoms with E-state index in [-0.39, 0.29) is 40.8 Å². The van der Waals surface area contributed by atoms with Gasteiger partial charge in [-0.1, -0.05) is 102 Å². The van der Waals surface area contributed by atoms with Crippen molar-refractivity contribution in [3.05, 3.63) is 60.7 Å². The lowest BCUT2D eigenvalue weighted by molar-refractivity contribution is -0.157. The Morgan fingerprint density at radius 2 is 1.34 bits per heavy atom. The summed E-state index contributed by atoms with van der Waals surface area (Å²) in [7, 11) is -4.67. The first kappa shape index (κ1) is 33.7. The fourth-order valence-electron chi connectivity index (χ4n) is 5.31. The highest BCUT2D eigenvalue weighted by molar-refractivity contribution is 6.99. The zero-order valence-corrected chi connectivity index (χ0v) is 29.4. The van der Waals surface area contributed by atoms with Gasteiger partial charge in [0.15, 0.2) is 8.32 Å². The minimum absolute atomic E-state index is 0.0349. The topological polar surface area (TPSA) is 57.3 Å². The monoisotopic (exact) mass is 598 g/mol. The maximum atomic E-state index is 12.8. The van der Waals surface area contributed by atoms with Gasteiger partial charge in [0.1, 0.15) is 11.7 Å². The third-order valence-electron chi connectivity index (χ3n) is 8.40. The average Bonchev–Trinajstić information content (AvgIpc) is 3.62. The quantitative estimate of drug-likeness (QED) is 0.112. The molecule has 2 aromatic carbocycles. The van der Waals surface area contributed by atoms with Crippen molar-refractivity contribution in [2.24, 2.45) is 0 Å². The molecule has 5 nitrogen and oxygen atoms in total. The van der Waals surface area contributed by atoms with E-state index in [0.717, 1.165) is 12.8 Å². The highest BCUT2D eigenvalue weighted by Gasteiger charge is 2.52. The molecule has 3 atom stereocenters. The van der Waals surface area contributed by atoms with E-state index in [1.54, 1.807) is 0 Å². The zero-order valence-electron chi connectivity index (χ0n) is 27.4. The molecule has 0 bridgehead atoms. The normalized spacial score (nSPS) is 19.1. The number of benzene rings is 2. The predicted octanol–water partition coefficient (Wildman–Crippen LogP) is 7.23. The van der Waals surface area contributed by atoms with Crippen molar-refractivity contribution in [2.45, 2.75) is 129 Å². The molecular formula is C34H54O5Si2. The van der Waals surface area contributed by atoms with Crippen LogP contribution in [0.2, 0.25) is 23.2 Å². The molecule has 0 radical (unpaired) electrons. The summed E-state index contributed by atoms with van der Waals surface area (Å²) in [5.74, 6) is -0.231. The van der Waals surface area contributed by atoms with Gasteiger partial charge in [0.05, 0.1) is 18.6 Å². The van der Waals surface area contributed by atoms with Gasteiger partial charge < -0.3 is 18.3 Å². The second-order valence-electron chi connectivity index (χ2n) is 15.0. The van der Waals surface area contributed by atoms with Crippen LogP contribution in [-0.2, 0) is 23.1 Å². The summed E-state index contributed by atoms with van der Waals surface area (Å²) in [5, 5.41) is 2.57. The van der Waals surface area contributed by atoms with Crippen LogP contribution in [0, 0.1) is 0 Å². The van der Waals surface area contributed by atoms with Gasteiger partial charge >= 0.3 is 5.97 Å². The van der Waals surface area contributed by atoms with Gasteiger partial charge in [-0.15, -0.1) is 0 Å². The minimum atomic E-state index is -2.56. The molecule has 2 aromatic rings. The van der Waals surface area contributed by atoms with E-state index in [4.69, 9.17) is 18.3 Å². The van der Waals surface area contributed by atoms with Crippen molar-refractivity contribution in [1.29, 1.82) is 0 Å². The third-order valence-corrected chi connectivity index (χ3v) is 17.9. The molecule has 41 heavy (non-hydrogen) atoms. The molecule has 1 aliphatic heterocycles. The Morgan fingerprint density at radius 1 is 0.829 bits per heavy atom. The van der Waals surface area contributed by atoms with Gasteiger partial charge in [0, 0.05) is 6.61 Å². The van der Waals surface area contributed by atoms with Crippen LogP contribution in [0.4, 0.5) is 0 Å². The van der Waals surface area contributed by atoms with Crippen molar-refractivity contribution in [3.63, 3.8) is 0 Å². The number of carbonyl (C=O) groups is 1. The third kappa shape index (κ3) is 8.63. The summed E-state index contributed by atoms with van der Waals surface area (Å²) < 4.78 is 25.7. The number of rotatable bonds is 12. The second-order valence-corrected chi connectivity index (χ2v) is 24.1. The van der Waals surface area contributed by atoms with Crippen LogP contribution >= 0.6 is 0 Å². The summed E-state index contributed by atoms with van der Waals surface area (Å²) >= 11 is 0.